The third-order valence-electron chi connectivity index (χ3n) is 3.44. The smallest absolute Gasteiger partial charge is 0.348 e. The van der Waals surface area contributed by atoms with Gasteiger partial charge >= 0.3 is 11.9 Å². The van der Waals surface area contributed by atoms with Gasteiger partial charge in [-0.15, -0.1) is 11.3 Å². The Kier molecular flexibility index (Phi) is 2.97. The van der Waals surface area contributed by atoms with Gasteiger partial charge < -0.3 is 14.2 Å². The highest BCUT2D eigenvalue weighted by molar-refractivity contribution is 7.11. The fourth-order valence-corrected chi connectivity index (χ4v) is 3.26. The highest BCUT2D eigenvalue weighted by Crippen LogP contribution is 2.39. The summed E-state index contributed by atoms with van der Waals surface area (Å²) in [4.78, 5) is 24.8. The molecule has 22 heavy (non-hydrogen) atoms. The van der Waals surface area contributed by atoms with Crippen molar-refractivity contribution < 1.29 is 23.8 Å². The Hall–Kier alpha value is -2.60. The summed E-state index contributed by atoms with van der Waals surface area (Å²) in [7, 11) is 0. The highest BCUT2D eigenvalue weighted by Gasteiger charge is 2.35. The Labute approximate surface area is 129 Å². The molecule has 0 N–H and O–H groups in total. The molecule has 0 radical (unpaired) electrons. The normalized spacial score (nSPS) is 16.9. The summed E-state index contributed by atoms with van der Waals surface area (Å²) in [5, 5.41) is 1.85. The Morgan fingerprint density at radius 3 is 2.45 bits per heavy atom. The Morgan fingerprint density at radius 1 is 0.909 bits per heavy atom. The molecule has 0 spiro atoms. The minimum Gasteiger partial charge on any atom is -0.486 e. The number of carbonyl (C=O) groups excluding carboxylic acids is 2. The zero-order valence-electron chi connectivity index (χ0n) is 11.3. The van der Waals surface area contributed by atoms with E-state index >= 15 is 0 Å². The average Bonchev–Trinajstić information content (AvgIpc) is 3.14. The molecule has 3 heterocycles. The molecule has 0 fully saturated rings. The van der Waals surface area contributed by atoms with Crippen molar-refractivity contribution in [3.63, 3.8) is 0 Å². The van der Waals surface area contributed by atoms with Gasteiger partial charge in [0, 0.05) is 4.88 Å². The van der Waals surface area contributed by atoms with Crippen LogP contribution in [0.1, 0.15) is 10.4 Å². The van der Waals surface area contributed by atoms with Crippen LogP contribution in [0.3, 0.4) is 0 Å². The maximum absolute atomic E-state index is 12.1. The lowest BCUT2D eigenvalue weighted by Gasteiger charge is -2.18. The molecule has 0 amide bonds. The Bertz CT molecular complexity index is 804. The van der Waals surface area contributed by atoms with E-state index in [2.05, 4.69) is 0 Å². The summed E-state index contributed by atoms with van der Waals surface area (Å²) in [5.74, 6) is -0.0534. The van der Waals surface area contributed by atoms with Crippen molar-refractivity contribution in [3.8, 4) is 11.5 Å². The second-order valence-electron chi connectivity index (χ2n) is 4.76. The van der Waals surface area contributed by atoms with Crippen molar-refractivity contribution in [2.24, 2.45) is 0 Å². The van der Waals surface area contributed by atoms with E-state index in [1.165, 1.54) is 11.3 Å². The molecule has 0 bridgehead atoms. The van der Waals surface area contributed by atoms with Gasteiger partial charge in [0.1, 0.15) is 13.2 Å². The molecule has 4 rings (SSSR count). The van der Waals surface area contributed by atoms with Gasteiger partial charge in [-0.05, 0) is 29.1 Å². The largest absolute Gasteiger partial charge is 0.486 e. The van der Waals surface area contributed by atoms with Crippen LogP contribution >= 0.6 is 11.3 Å². The number of esters is 2. The summed E-state index contributed by atoms with van der Waals surface area (Å²) < 4.78 is 15.8. The molecule has 1 aromatic carbocycles. The van der Waals surface area contributed by atoms with Gasteiger partial charge in [0.25, 0.3) is 0 Å². The van der Waals surface area contributed by atoms with Crippen LogP contribution in [0.2, 0.25) is 0 Å². The van der Waals surface area contributed by atoms with E-state index in [4.69, 9.17) is 14.2 Å². The van der Waals surface area contributed by atoms with Crippen molar-refractivity contribution >= 4 is 34.4 Å². The van der Waals surface area contributed by atoms with Crippen LogP contribution in [0.5, 0.6) is 11.5 Å². The zero-order valence-corrected chi connectivity index (χ0v) is 12.1. The number of fused-ring (bicyclic) bond motifs is 1. The molecule has 110 valence electrons. The first-order valence-electron chi connectivity index (χ1n) is 6.69. The van der Waals surface area contributed by atoms with Gasteiger partial charge in [-0.2, -0.15) is 0 Å². The number of carbonyl (C=O) groups is 2. The van der Waals surface area contributed by atoms with Crippen LogP contribution in [0.25, 0.3) is 11.1 Å². The van der Waals surface area contributed by atoms with Crippen LogP contribution in [0.4, 0.5) is 0 Å². The standard InChI is InChI=1S/C16H10O5S/c17-15-13(14(16(18)21-15)12-2-1-7-22-12)9-3-4-10-11(8-9)20-6-5-19-10/h1-4,7-8H,5-6H2. The second-order valence-corrected chi connectivity index (χ2v) is 5.71. The van der Waals surface area contributed by atoms with Gasteiger partial charge in [0.05, 0.1) is 11.1 Å². The van der Waals surface area contributed by atoms with E-state index in [1.807, 2.05) is 11.4 Å². The van der Waals surface area contributed by atoms with Crippen molar-refractivity contribution in [1.82, 2.24) is 0 Å². The second kappa shape index (κ2) is 4.99. The van der Waals surface area contributed by atoms with E-state index in [1.54, 1.807) is 24.3 Å². The van der Waals surface area contributed by atoms with Gasteiger partial charge in [0.2, 0.25) is 0 Å². The van der Waals surface area contributed by atoms with E-state index < -0.39 is 11.9 Å². The lowest BCUT2D eigenvalue weighted by atomic mass is 10.00. The lowest BCUT2D eigenvalue weighted by Crippen LogP contribution is -2.15. The highest BCUT2D eigenvalue weighted by atomic mass is 32.1. The van der Waals surface area contributed by atoms with Gasteiger partial charge in [0.15, 0.2) is 11.5 Å². The Morgan fingerprint density at radius 2 is 1.68 bits per heavy atom. The summed E-state index contributed by atoms with van der Waals surface area (Å²) >= 11 is 1.39. The van der Waals surface area contributed by atoms with Crippen LogP contribution < -0.4 is 9.47 Å². The molecule has 6 heteroatoms. The number of benzene rings is 1. The van der Waals surface area contributed by atoms with Crippen molar-refractivity contribution in [3.05, 3.63) is 46.2 Å². The number of hydrogen-bond acceptors (Lipinski definition) is 6. The lowest BCUT2D eigenvalue weighted by molar-refractivity contribution is -0.149. The van der Waals surface area contributed by atoms with Gasteiger partial charge in [-0.3, -0.25) is 0 Å². The molecule has 2 aliphatic rings. The molecular weight excluding hydrogens is 304 g/mol. The third-order valence-corrected chi connectivity index (χ3v) is 4.33. The van der Waals surface area contributed by atoms with Gasteiger partial charge in [-0.25, -0.2) is 9.59 Å². The zero-order chi connectivity index (χ0) is 15.1. The Balaban J connectivity index is 1.88. The summed E-state index contributed by atoms with van der Waals surface area (Å²) in [6.07, 6.45) is 0. The first kappa shape index (κ1) is 13.1. The van der Waals surface area contributed by atoms with Crippen LogP contribution in [-0.2, 0) is 14.3 Å². The summed E-state index contributed by atoms with van der Waals surface area (Å²) in [5.41, 5.74) is 1.16. The average molecular weight is 314 g/mol. The third kappa shape index (κ3) is 2.00. The van der Waals surface area contributed by atoms with Gasteiger partial charge in [-0.1, -0.05) is 12.1 Å². The minimum absolute atomic E-state index is 0.268. The number of rotatable bonds is 2. The number of ether oxygens (including phenoxy) is 3. The molecule has 0 atom stereocenters. The molecule has 5 nitrogen and oxygen atoms in total. The topological polar surface area (TPSA) is 61.8 Å². The SMILES string of the molecule is O=C1OC(=O)C(c2cccs2)=C1c1ccc2c(c1)OCCO2. The molecule has 0 unspecified atom stereocenters. The number of thiophene rings is 1. The summed E-state index contributed by atoms with van der Waals surface area (Å²) in [6, 6.07) is 8.79. The fraction of sp³-hybridized carbons (Fsp3) is 0.125. The quantitative estimate of drug-likeness (QED) is 0.629. The molecular formula is C16H10O5S. The maximum atomic E-state index is 12.1. The molecule has 0 saturated heterocycles. The van der Waals surface area contributed by atoms with Crippen LogP contribution in [-0.4, -0.2) is 25.2 Å². The molecule has 0 saturated carbocycles. The first-order valence-corrected chi connectivity index (χ1v) is 7.56. The predicted octanol–water partition coefficient (Wildman–Crippen LogP) is 2.51. The number of hydrogen-bond donors (Lipinski definition) is 0. The first-order chi connectivity index (χ1) is 10.7. The molecule has 0 aliphatic carbocycles. The number of cyclic esters (lactones) is 2. The van der Waals surface area contributed by atoms with Crippen molar-refractivity contribution in [2.75, 3.05) is 13.2 Å². The summed E-state index contributed by atoms with van der Waals surface area (Å²) in [6.45, 7) is 0.951. The monoisotopic (exact) mass is 314 g/mol. The van der Waals surface area contributed by atoms with E-state index in [0.717, 1.165) is 0 Å². The van der Waals surface area contributed by atoms with E-state index in [0.29, 0.717) is 40.7 Å². The van der Waals surface area contributed by atoms with Crippen molar-refractivity contribution in [2.45, 2.75) is 0 Å². The predicted molar refractivity (Wildman–Crippen MR) is 79.7 cm³/mol. The molecule has 2 aromatic rings. The van der Waals surface area contributed by atoms with Crippen LogP contribution in [0, 0.1) is 0 Å². The van der Waals surface area contributed by atoms with Crippen LogP contribution in [0.15, 0.2) is 35.7 Å². The molecule has 2 aliphatic heterocycles. The minimum atomic E-state index is -0.634. The fourth-order valence-electron chi connectivity index (χ4n) is 2.50. The van der Waals surface area contributed by atoms with E-state index in [-0.39, 0.29) is 5.57 Å². The molecule has 1 aromatic heterocycles. The van der Waals surface area contributed by atoms with E-state index in [9.17, 15) is 9.59 Å². The maximum Gasteiger partial charge on any atom is 0.348 e. The van der Waals surface area contributed by atoms with Crippen molar-refractivity contribution in [1.29, 1.82) is 0 Å².